The second kappa shape index (κ2) is 12.4. The van der Waals surface area contributed by atoms with E-state index in [0.717, 1.165) is 4.90 Å². The van der Waals surface area contributed by atoms with Crippen molar-refractivity contribution in [3.8, 4) is 0 Å². The Kier molecular flexibility index (Phi) is 9.61. The Bertz CT molecular complexity index is 818. The Morgan fingerprint density at radius 3 is 2.66 bits per heavy atom. The van der Waals surface area contributed by atoms with Crippen LogP contribution in [0.15, 0.2) is 30.3 Å². The fourth-order valence-electron chi connectivity index (χ4n) is 3.52. The standard InChI is InChI=1S/C21H29N6O5/c22-12-18(29)26-11-5-9-17(26)19(30)27(16(13-28)8-4-10-25-20(23)24)21(31)32-14-15-6-2-1-3-7-15/h1-3,6-7,16-17H,4-5,8-12,14,22H2,(H4,23,24,25)/t16-,17-/m0/s1. The van der Waals surface area contributed by atoms with Crippen molar-refractivity contribution in [2.45, 2.75) is 44.4 Å². The first-order valence-corrected chi connectivity index (χ1v) is 10.4. The van der Waals surface area contributed by atoms with Gasteiger partial charge >= 0.3 is 6.09 Å². The number of hydrogen-bond acceptors (Lipinski definition) is 7. The predicted octanol–water partition coefficient (Wildman–Crippen LogP) is -0.157. The number of rotatable bonds is 10. The molecule has 6 N–H and O–H groups in total. The Morgan fingerprint density at radius 2 is 2.03 bits per heavy atom. The summed E-state index contributed by atoms with van der Waals surface area (Å²) < 4.78 is 5.31. The maximum Gasteiger partial charge on any atom is 0.417 e. The van der Waals surface area contributed by atoms with Crippen LogP contribution in [0.3, 0.4) is 0 Å². The number of hydrogen-bond donors (Lipinski definition) is 4. The molecule has 1 heterocycles. The highest BCUT2D eigenvalue weighted by Crippen LogP contribution is 2.22. The van der Waals surface area contributed by atoms with Crippen LogP contribution in [0.2, 0.25) is 0 Å². The lowest BCUT2D eigenvalue weighted by Crippen LogP contribution is -2.54. The molecule has 1 aliphatic rings. The van der Waals surface area contributed by atoms with Crippen LogP contribution >= 0.6 is 0 Å². The minimum Gasteiger partial charge on any atom is -0.444 e. The number of imide groups is 1. The van der Waals surface area contributed by atoms with Gasteiger partial charge in [0.25, 0.3) is 5.91 Å². The van der Waals surface area contributed by atoms with Gasteiger partial charge < -0.3 is 26.4 Å². The number of benzene rings is 1. The molecule has 2 atom stereocenters. The van der Waals surface area contributed by atoms with E-state index >= 15 is 0 Å². The highest BCUT2D eigenvalue weighted by molar-refractivity contribution is 5.99. The van der Waals surface area contributed by atoms with E-state index in [2.05, 4.69) is 5.32 Å². The maximum atomic E-state index is 13.3. The van der Waals surface area contributed by atoms with Gasteiger partial charge in [0.05, 0.1) is 6.54 Å². The first-order valence-electron chi connectivity index (χ1n) is 10.4. The van der Waals surface area contributed by atoms with Crippen LogP contribution in [0.4, 0.5) is 4.79 Å². The lowest BCUT2D eigenvalue weighted by atomic mass is 10.1. The molecular formula is C21H29N6O5. The Morgan fingerprint density at radius 1 is 1.31 bits per heavy atom. The number of carbonyl (C=O) groups is 3. The van der Waals surface area contributed by atoms with Crippen molar-refractivity contribution >= 4 is 30.2 Å². The molecule has 2 rings (SSSR count). The van der Waals surface area contributed by atoms with E-state index in [1.54, 1.807) is 30.6 Å². The second-order valence-electron chi connectivity index (χ2n) is 7.31. The van der Waals surface area contributed by atoms with E-state index in [0.29, 0.717) is 31.4 Å². The van der Waals surface area contributed by atoms with Crippen molar-refractivity contribution in [3.05, 3.63) is 35.9 Å². The summed E-state index contributed by atoms with van der Waals surface area (Å²) in [6.45, 7) is 0.270. The molecule has 0 bridgehead atoms. The zero-order valence-electron chi connectivity index (χ0n) is 17.8. The molecule has 11 nitrogen and oxygen atoms in total. The molecule has 1 saturated heterocycles. The summed E-state index contributed by atoms with van der Waals surface area (Å²) in [4.78, 5) is 52.2. The number of ether oxygens (including phenoxy) is 1. The Labute approximate surface area is 186 Å². The van der Waals surface area contributed by atoms with Crippen LogP contribution in [-0.4, -0.2) is 71.7 Å². The van der Waals surface area contributed by atoms with Crippen LogP contribution in [-0.2, 0) is 25.7 Å². The summed E-state index contributed by atoms with van der Waals surface area (Å²) >= 11 is 0. The van der Waals surface area contributed by atoms with Crippen molar-refractivity contribution in [2.24, 2.45) is 11.5 Å². The smallest absolute Gasteiger partial charge is 0.417 e. The van der Waals surface area contributed by atoms with Gasteiger partial charge in [-0.25, -0.2) is 9.69 Å². The van der Waals surface area contributed by atoms with Crippen molar-refractivity contribution in [1.82, 2.24) is 15.1 Å². The quantitative estimate of drug-likeness (QED) is 0.218. The lowest BCUT2D eigenvalue weighted by molar-refractivity contribution is -0.142. The minimum absolute atomic E-state index is 0.0863. The molecule has 173 valence electrons. The van der Waals surface area contributed by atoms with Gasteiger partial charge in [0, 0.05) is 13.1 Å². The van der Waals surface area contributed by atoms with E-state index < -0.39 is 30.0 Å². The van der Waals surface area contributed by atoms with Crippen LogP contribution < -0.4 is 16.8 Å². The molecule has 1 aliphatic heterocycles. The number of amides is 3. The third-order valence-electron chi connectivity index (χ3n) is 5.09. The molecule has 0 aliphatic carbocycles. The SMILES string of the molecule is N=C(N)NCCC[C@@H]([C]=O)N(C(=O)OCc1ccccc1)C(=O)[C@@H]1CCCN1C(=O)CN. The summed E-state index contributed by atoms with van der Waals surface area (Å²) in [6.07, 6.45) is 2.12. The fraction of sp³-hybridized carbons (Fsp3) is 0.476. The first-order chi connectivity index (χ1) is 15.4. The van der Waals surface area contributed by atoms with Crippen molar-refractivity contribution < 1.29 is 23.9 Å². The zero-order chi connectivity index (χ0) is 23.5. The van der Waals surface area contributed by atoms with Crippen LogP contribution in [0, 0.1) is 5.41 Å². The highest BCUT2D eigenvalue weighted by atomic mass is 16.6. The van der Waals surface area contributed by atoms with Gasteiger partial charge in [-0.05, 0) is 31.2 Å². The van der Waals surface area contributed by atoms with Gasteiger partial charge in [0.15, 0.2) is 5.96 Å². The number of carbonyl (C=O) groups excluding carboxylic acids is 4. The molecule has 1 fully saturated rings. The van der Waals surface area contributed by atoms with Gasteiger partial charge in [-0.2, -0.15) is 0 Å². The number of likely N-dealkylation sites (tertiary alicyclic amines) is 1. The Balaban J connectivity index is 2.18. The molecule has 0 unspecified atom stereocenters. The fourth-order valence-corrected chi connectivity index (χ4v) is 3.52. The highest BCUT2D eigenvalue weighted by Gasteiger charge is 2.41. The average molecular weight is 446 g/mol. The molecule has 0 spiro atoms. The minimum atomic E-state index is -1.21. The number of nitrogens with two attached hydrogens (primary N) is 2. The predicted molar refractivity (Wildman–Crippen MR) is 116 cm³/mol. The molecule has 11 heteroatoms. The monoisotopic (exact) mass is 445 g/mol. The zero-order valence-corrected chi connectivity index (χ0v) is 17.8. The lowest BCUT2D eigenvalue weighted by Gasteiger charge is -2.31. The molecule has 1 radical (unpaired) electrons. The van der Waals surface area contributed by atoms with Crippen LogP contribution in [0.5, 0.6) is 0 Å². The summed E-state index contributed by atoms with van der Waals surface area (Å²) in [5.41, 5.74) is 11.4. The first kappa shape index (κ1) is 24.8. The molecule has 3 amide bonds. The van der Waals surface area contributed by atoms with Crippen LogP contribution in [0.25, 0.3) is 0 Å². The molecule has 1 aromatic rings. The van der Waals surface area contributed by atoms with Gasteiger partial charge in [-0.1, -0.05) is 30.3 Å². The van der Waals surface area contributed by atoms with Crippen molar-refractivity contribution in [1.29, 1.82) is 5.41 Å². The summed E-state index contributed by atoms with van der Waals surface area (Å²) in [6, 6.07) is 6.78. The Hall–Kier alpha value is -3.47. The second-order valence-corrected chi connectivity index (χ2v) is 7.31. The van der Waals surface area contributed by atoms with E-state index in [4.69, 9.17) is 21.6 Å². The summed E-state index contributed by atoms with van der Waals surface area (Å²) in [5.74, 6) is -1.33. The van der Waals surface area contributed by atoms with Gasteiger partial charge in [-0.15, -0.1) is 0 Å². The largest absolute Gasteiger partial charge is 0.444 e. The number of nitrogens with one attached hydrogen (secondary N) is 2. The van der Waals surface area contributed by atoms with Gasteiger partial charge in [-0.3, -0.25) is 19.8 Å². The molecule has 32 heavy (non-hydrogen) atoms. The molecule has 1 aromatic carbocycles. The average Bonchev–Trinajstić information content (AvgIpc) is 3.29. The number of guanidine groups is 1. The van der Waals surface area contributed by atoms with E-state index in [1.807, 2.05) is 6.07 Å². The van der Waals surface area contributed by atoms with Crippen molar-refractivity contribution in [3.63, 3.8) is 0 Å². The molecule has 0 saturated carbocycles. The van der Waals surface area contributed by atoms with E-state index in [1.165, 1.54) is 4.90 Å². The number of nitrogens with zero attached hydrogens (tertiary/aromatic N) is 2. The third kappa shape index (κ3) is 6.77. The van der Waals surface area contributed by atoms with Gasteiger partial charge in [0.2, 0.25) is 12.2 Å². The molecular weight excluding hydrogens is 416 g/mol. The third-order valence-corrected chi connectivity index (χ3v) is 5.09. The summed E-state index contributed by atoms with van der Waals surface area (Å²) in [7, 11) is 0. The topological polar surface area (TPSA) is 172 Å². The van der Waals surface area contributed by atoms with E-state index in [-0.39, 0.29) is 32.1 Å². The normalized spacial score (nSPS) is 16.2. The maximum absolute atomic E-state index is 13.3. The van der Waals surface area contributed by atoms with Crippen molar-refractivity contribution in [2.75, 3.05) is 19.6 Å². The van der Waals surface area contributed by atoms with Crippen LogP contribution in [0.1, 0.15) is 31.2 Å². The molecule has 0 aromatic heterocycles. The van der Waals surface area contributed by atoms with E-state index in [9.17, 15) is 19.2 Å². The van der Waals surface area contributed by atoms with Gasteiger partial charge in [0.1, 0.15) is 18.7 Å². The summed E-state index contributed by atoms with van der Waals surface area (Å²) in [5, 5.41) is 9.78.